The summed E-state index contributed by atoms with van der Waals surface area (Å²) in [4.78, 5) is 27.1. The van der Waals surface area contributed by atoms with Gasteiger partial charge in [0, 0.05) is 32.7 Å². The molecule has 0 bridgehead atoms. The van der Waals surface area contributed by atoms with Crippen molar-refractivity contribution >= 4 is 11.9 Å². The predicted octanol–water partition coefficient (Wildman–Crippen LogP) is 12.7. The van der Waals surface area contributed by atoms with Crippen LogP contribution in [0.15, 0.2) is 0 Å². The molecule has 0 rings (SSSR count). The summed E-state index contributed by atoms with van der Waals surface area (Å²) in [5.74, 6) is -0.179. The molecule has 0 radical (unpaired) electrons. The van der Waals surface area contributed by atoms with Crippen LogP contribution in [0, 0.1) is 0 Å². The highest BCUT2D eigenvalue weighted by Crippen LogP contribution is 2.14. The Balaban J connectivity index is 4.10. The quantitative estimate of drug-likeness (QED) is 0.0370. The highest BCUT2D eigenvalue weighted by Gasteiger charge is 2.14. The summed E-state index contributed by atoms with van der Waals surface area (Å²) in [6.07, 6.45) is 36.1. The van der Waals surface area contributed by atoms with E-state index in [0.29, 0.717) is 45.7 Å². The molecule has 0 spiro atoms. The second kappa shape index (κ2) is 45.5. The van der Waals surface area contributed by atoms with E-state index in [2.05, 4.69) is 25.7 Å². The first kappa shape index (κ1) is 53.8. The van der Waals surface area contributed by atoms with E-state index in [1.807, 2.05) is 0 Å². The molecule has 55 heavy (non-hydrogen) atoms. The first-order valence-corrected chi connectivity index (χ1v) is 23.9. The normalized spacial score (nSPS) is 11.6. The smallest absolute Gasteiger partial charge is 0.305 e. The van der Waals surface area contributed by atoms with Gasteiger partial charge in [0.2, 0.25) is 0 Å². The van der Waals surface area contributed by atoms with Crippen molar-refractivity contribution in [2.24, 2.45) is 0 Å². The first-order valence-electron chi connectivity index (χ1n) is 23.9. The topological polar surface area (TPSA) is 94.5 Å². The molecule has 0 unspecified atom stereocenters. The van der Waals surface area contributed by atoms with Gasteiger partial charge in [-0.15, -0.1) is 0 Å². The maximum Gasteiger partial charge on any atom is 0.305 e. The van der Waals surface area contributed by atoms with Crippen molar-refractivity contribution in [3.63, 3.8) is 0 Å². The van der Waals surface area contributed by atoms with E-state index in [1.54, 1.807) is 0 Å². The van der Waals surface area contributed by atoms with Crippen molar-refractivity contribution in [1.29, 1.82) is 0 Å². The van der Waals surface area contributed by atoms with Crippen molar-refractivity contribution in [2.75, 3.05) is 52.7 Å². The van der Waals surface area contributed by atoms with Crippen LogP contribution in [0.1, 0.15) is 233 Å². The average Bonchev–Trinajstić information content (AvgIpc) is 3.18. The van der Waals surface area contributed by atoms with Crippen LogP contribution in [0.25, 0.3) is 0 Å². The number of unbranched alkanes of at least 4 members (excludes halogenated alkanes) is 24. The van der Waals surface area contributed by atoms with Crippen molar-refractivity contribution < 1.29 is 33.6 Å². The minimum Gasteiger partial charge on any atom is -0.466 e. The average molecular weight is 784 g/mol. The SMILES string of the molecule is CCCCCCCCCOC(=O)CCCCCCCN(CCCCO)CCCCCCOC(=O)CCC(OCCCCCCCC)OCCCCCCCC. The van der Waals surface area contributed by atoms with Gasteiger partial charge in [0.25, 0.3) is 0 Å². The number of esters is 2. The van der Waals surface area contributed by atoms with E-state index in [9.17, 15) is 14.7 Å². The molecule has 0 amide bonds. The fourth-order valence-corrected chi connectivity index (χ4v) is 6.93. The summed E-state index contributed by atoms with van der Waals surface area (Å²) in [7, 11) is 0. The molecule has 0 aliphatic heterocycles. The molecule has 0 aliphatic rings. The van der Waals surface area contributed by atoms with Gasteiger partial charge in [-0.2, -0.15) is 0 Å². The van der Waals surface area contributed by atoms with E-state index in [1.165, 1.54) is 109 Å². The van der Waals surface area contributed by atoms with Gasteiger partial charge in [0.05, 0.1) is 19.6 Å². The summed E-state index contributed by atoms with van der Waals surface area (Å²) in [6, 6.07) is 0. The summed E-state index contributed by atoms with van der Waals surface area (Å²) in [6.45, 7) is 12.6. The van der Waals surface area contributed by atoms with Crippen LogP contribution in [-0.4, -0.2) is 80.9 Å². The summed E-state index contributed by atoms with van der Waals surface area (Å²) < 4.78 is 23.2. The van der Waals surface area contributed by atoms with Crippen LogP contribution in [-0.2, 0) is 28.5 Å². The summed E-state index contributed by atoms with van der Waals surface area (Å²) in [5.41, 5.74) is 0. The lowest BCUT2D eigenvalue weighted by molar-refractivity contribution is -0.159. The largest absolute Gasteiger partial charge is 0.466 e. The Kier molecular flexibility index (Phi) is 44.5. The van der Waals surface area contributed by atoms with Crippen LogP contribution in [0.2, 0.25) is 0 Å². The fraction of sp³-hybridized carbons (Fsp3) is 0.957. The van der Waals surface area contributed by atoms with Gasteiger partial charge in [-0.05, 0) is 77.4 Å². The number of carbonyl (C=O) groups is 2. The molecule has 0 aromatic carbocycles. The van der Waals surface area contributed by atoms with Crippen molar-refractivity contribution in [3.8, 4) is 0 Å². The number of aliphatic hydroxyl groups is 1. The lowest BCUT2D eigenvalue weighted by atomic mass is 10.1. The molecule has 0 fully saturated rings. The van der Waals surface area contributed by atoms with Crippen molar-refractivity contribution in [3.05, 3.63) is 0 Å². The molecular formula is C47H93NO7. The standard InChI is InChI=1S/C47H93NO7/c1-4-7-10-13-16-23-30-41-52-45(50)34-25-18-17-19-26-37-48(39-28-29-40-49)38-27-20-24-31-42-53-46(51)35-36-47(54-43-32-21-14-11-8-5-2)55-44-33-22-15-12-9-6-3/h47,49H,4-44H2,1-3H3. The van der Waals surface area contributed by atoms with Crippen LogP contribution in [0.5, 0.6) is 0 Å². The number of hydrogen-bond donors (Lipinski definition) is 1. The van der Waals surface area contributed by atoms with Gasteiger partial charge in [0.15, 0.2) is 6.29 Å². The fourth-order valence-electron chi connectivity index (χ4n) is 6.93. The van der Waals surface area contributed by atoms with E-state index >= 15 is 0 Å². The van der Waals surface area contributed by atoms with E-state index < -0.39 is 0 Å². The minimum absolute atomic E-state index is 0.0313. The zero-order chi connectivity index (χ0) is 40.1. The predicted molar refractivity (Wildman–Crippen MR) is 231 cm³/mol. The van der Waals surface area contributed by atoms with Gasteiger partial charge >= 0.3 is 11.9 Å². The van der Waals surface area contributed by atoms with Crippen LogP contribution >= 0.6 is 0 Å². The lowest BCUT2D eigenvalue weighted by Gasteiger charge is -2.22. The highest BCUT2D eigenvalue weighted by molar-refractivity contribution is 5.69. The second-order valence-electron chi connectivity index (χ2n) is 16.0. The zero-order valence-corrected chi connectivity index (χ0v) is 36.9. The Labute approximate surface area is 341 Å². The monoisotopic (exact) mass is 784 g/mol. The number of carbonyl (C=O) groups excluding carboxylic acids is 2. The molecule has 0 saturated heterocycles. The van der Waals surface area contributed by atoms with Crippen LogP contribution in [0.4, 0.5) is 0 Å². The number of aliphatic hydroxyl groups excluding tert-OH is 1. The number of ether oxygens (including phenoxy) is 4. The molecule has 328 valence electrons. The van der Waals surface area contributed by atoms with Crippen molar-refractivity contribution in [2.45, 2.75) is 239 Å². The maximum absolute atomic E-state index is 12.5. The van der Waals surface area contributed by atoms with E-state index in [-0.39, 0.29) is 24.8 Å². The molecule has 0 heterocycles. The molecule has 0 atom stereocenters. The Morgan fingerprint density at radius 2 is 0.764 bits per heavy atom. The second-order valence-corrected chi connectivity index (χ2v) is 16.0. The molecule has 0 saturated carbocycles. The third-order valence-electron chi connectivity index (χ3n) is 10.6. The molecule has 0 aliphatic carbocycles. The van der Waals surface area contributed by atoms with Gasteiger partial charge in [-0.3, -0.25) is 9.59 Å². The van der Waals surface area contributed by atoms with Gasteiger partial charge in [0.1, 0.15) is 0 Å². The Morgan fingerprint density at radius 1 is 0.418 bits per heavy atom. The van der Waals surface area contributed by atoms with Gasteiger partial charge < -0.3 is 29.0 Å². The third-order valence-corrected chi connectivity index (χ3v) is 10.6. The van der Waals surface area contributed by atoms with Crippen molar-refractivity contribution in [1.82, 2.24) is 4.90 Å². The molecule has 8 nitrogen and oxygen atoms in total. The molecule has 8 heteroatoms. The van der Waals surface area contributed by atoms with Gasteiger partial charge in [-0.1, -0.05) is 156 Å². The molecule has 1 N–H and O–H groups in total. The maximum atomic E-state index is 12.5. The molecular weight excluding hydrogens is 691 g/mol. The van der Waals surface area contributed by atoms with Crippen LogP contribution < -0.4 is 0 Å². The first-order chi connectivity index (χ1) is 27.1. The Hall–Kier alpha value is -1.22. The minimum atomic E-state index is -0.320. The number of hydrogen-bond acceptors (Lipinski definition) is 8. The Bertz CT molecular complexity index is 764. The summed E-state index contributed by atoms with van der Waals surface area (Å²) in [5, 5.41) is 9.27. The summed E-state index contributed by atoms with van der Waals surface area (Å²) >= 11 is 0. The highest BCUT2D eigenvalue weighted by atomic mass is 16.7. The molecule has 0 aromatic heterocycles. The van der Waals surface area contributed by atoms with E-state index in [4.69, 9.17) is 18.9 Å². The Morgan fingerprint density at radius 3 is 1.20 bits per heavy atom. The van der Waals surface area contributed by atoms with E-state index in [0.717, 1.165) is 103 Å². The van der Waals surface area contributed by atoms with Gasteiger partial charge in [-0.25, -0.2) is 0 Å². The van der Waals surface area contributed by atoms with Crippen LogP contribution in [0.3, 0.4) is 0 Å². The zero-order valence-electron chi connectivity index (χ0n) is 36.9. The third kappa shape index (κ3) is 42.2. The number of nitrogens with zero attached hydrogens (tertiary/aromatic N) is 1. The molecule has 0 aromatic rings. The lowest BCUT2D eigenvalue weighted by Crippen LogP contribution is -2.27. The number of rotatable bonds is 46.